The van der Waals surface area contributed by atoms with Gasteiger partial charge in [-0.2, -0.15) is 0 Å². The molecule has 0 saturated heterocycles. The van der Waals surface area contributed by atoms with Crippen LogP contribution in [0.4, 0.5) is 5.69 Å². The number of amides is 2. The van der Waals surface area contributed by atoms with Crippen LogP contribution in [0.15, 0.2) is 47.8 Å². The maximum absolute atomic E-state index is 12.7. The Labute approximate surface area is 143 Å². The average Bonchev–Trinajstić information content (AvgIpc) is 2.93. The van der Waals surface area contributed by atoms with E-state index in [9.17, 15) is 9.59 Å². The van der Waals surface area contributed by atoms with Gasteiger partial charge in [-0.05, 0) is 36.9 Å². The molecule has 1 aromatic carbocycles. The van der Waals surface area contributed by atoms with E-state index in [2.05, 4.69) is 10.3 Å². The van der Waals surface area contributed by atoms with Crippen LogP contribution in [0.5, 0.6) is 0 Å². The van der Waals surface area contributed by atoms with Crippen molar-refractivity contribution < 1.29 is 9.59 Å². The number of rotatable bonds is 4. The lowest BCUT2D eigenvalue weighted by atomic mass is 10.1. The zero-order valence-electron chi connectivity index (χ0n) is 13.2. The number of pyridine rings is 1. The van der Waals surface area contributed by atoms with Crippen molar-refractivity contribution in [1.82, 2.24) is 9.38 Å². The quantitative estimate of drug-likeness (QED) is 0.715. The van der Waals surface area contributed by atoms with Crippen LogP contribution < -0.4 is 11.1 Å². The van der Waals surface area contributed by atoms with Gasteiger partial charge >= 0.3 is 0 Å². The predicted molar refractivity (Wildman–Crippen MR) is 94.6 cm³/mol. The second-order valence-corrected chi connectivity index (χ2v) is 5.99. The number of carbonyl (C=O) groups is 2. The second kappa shape index (κ2) is 6.37. The first-order valence-corrected chi connectivity index (χ1v) is 8.47. The van der Waals surface area contributed by atoms with Crippen LogP contribution in [-0.4, -0.2) is 27.5 Å². The van der Waals surface area contributed by atoms with Gasteiger partial charge in [-0.15, -0.1) is 0 Å². The number of benzene rings is 1. The van der Waals surface area contributed by atoms with Crippen molar-refractivity contribution in [2.75, 3.05) is 11.6 Å². The van der Waals surface area contributed by atoms with Crippen LogP contribution in [0.2, 0.25) is 0 Å². The number of fused-ring (bicyclic) bond motifs is 1. The van der Waals surface area contributed by atoms with Crippen LogP contribution in [0.1, 0.15) is 26.4 Å². The maximum Gasteiger partial charge on any atom is 0.276 e. The second-order valence-electron chi connectivity index (χ2n) is 5.22. The summed E-state index contributed by atoms with van der Waals surface area (Å²) in [6.45, 7) is 1.77. The number of nitrogens with one attached hydrogen (secondary N) is 1. The van der Waals surface area contributed by atoms with Gasteiger partial charge in [0.1, 0.15) is 0 Å². The largest absolute Gasteiger partial charge is 0.366 e. The van der Waals surface area contributed by atoms with Gasteiger partial charge in [0.05, 0.1) is 16.8 Å². The molecule has 2 heterocycles. The van der Waals surface area contributed by atoms with Crippen molar-refractivity contribution in [3.8, 4) is 0 Å². The molecule has 0 aliphatic heterocycles. The number of thioether (sulfide) groups is 1. The van der Waals surface area contributed by atoms with E-state index in [1.807, 2.05) is 35.1 Å². The highest BCUT2D eigenvalue weighted by Gasteiger charge is 2.19. The summed E-state index contributed by atoms with van der Waals surface area (Å²) in [5.74, 6) is -0.963. The summed E-state index contributed by atoms with van der Waals surface area (Å²) >= 11 is 1.45. The number of primary amides is 1. The third-order valence-corrected chi connectivity index (χ3v) is 4.33. The van der Waals surface area contributed by atoms with E-state index in [-0.39, 0.29) is 5.91 Å². The number of hydrogen-bond donors (Lipinski definition) is 2. The fourth-order valence-electron chi connectivity index (χ4n) is 2.60. The van der Waals surface area contributed by atoms with Crippen molar-refractivity contribution in [3.63, 3.8) is 0 Å². The lowest BCUT2D eigenvalue weighted by Crippen LogP contribution is -2.19. The van der Waals surface area contributed by atoms with E-state index in [0.717, 1.165) is 5.16 Å². The minimum atomic E-state index is -0.581. The van der Waals surface area contributed by atoms with Gasteiger partial charge in [0.15, 0.2) is 10.9 Å². The molecule has 0 atom stereocenters. The molecule has 0 radical (unpaired) electrons. The Morgan fingerprint density at radius 3 is 2.71 bits per heavy atom. The van der Waals surface area contributed by atoms with Crippen molar-refractivity contribution >= 4 is 34.8 Å². The number of aryl methyl sites for hydroxylation is 1. The monoisotopic (exact) mass is 340 g/mol. The molecule has 0 bridgehead atoms. The third-order valence-electron chi connectivity index (χ3n) is 3.68. The molecule has 3 aromatic rings. The van der Waals surface area contributed by atoms with E-state index in [4.69, 9.17) is 5.73 Å². The van der Waals surface area contributed by atoms with Crippen molar-refractivity contribution in [3.05, 3.63) is 59.4 Å². The van der Waals surface area contributed by atoms with E-state index in [1.54, 1.807) is 25.1 Å². The number of nitrogens with two attached hydrogens (primary N) is 1. The molecule has 0 unspecified atom stereocenters. The Balaban J connectivity index is 2.03. The first-order valence-electron chi connectivity index (χ1n) is 7.24. The number of nitrogens with zero attached hydrogens (tertiary/aromatic N) is 2. The number of aromatic nitrogens is 2. The first-order chi connectivity index (χ1) is 11.5. The fraction of sp³-hybridized carbons (Fsp3) is 0.118. The molecule has 3 N–H and O–H groups in total. The predicted octanol–water partition coefficient (Wildman–Crippen LogP) is 2.72. The van der Waals surface area contributed by atoms with Gasteiger partial charge in [-0.1, -0.05) is 30.0 Å². The molecule has 0 aliphatic rings. The van der Waals surface area contributed by atoms with Crippen LogP contribution in [0, 0.1) is 6.92 Å². The summed E-state index contributed by atoms with van der Waals surface area (Å²) in [6.07, 6.45) is 3.75. The number of imidazole rings is 1. The lowest BCUT2D eigenvalue weighted by molar-refractivity contribution is 0.100. The van der Waals surface area contributed by atoms with Crippen molar-refractivity contribution in [2.24, 2.45) is 5.73 Å². The molecule has 122 valence electrons. The van der Waals surface area contributed by atoms with E-state index in [0.29, 0.717) is 28.0 Å². The minimum Gasteiger partial charge on any atom is -0.366 e. The fourth-order valence-corrected chi connectivity index (χ4v) is 3.14. The zero-order valence-corrected chi connectivity index (χ0v) is 14.1. The molecule has 0 aliphatic carbocycles. The molecular weight excluding hydrogens is 324 g/mol. The molecule has 3 rings (SSSR count). The molecule has 7 heteroatoms. The van der Waals surface area contributed by atoms with E-state index < -0.39 is 5.91 Å². The van der Waals surface area contributed by atoms with Gasteiger partial charge < -0.3 is 11.1 Å². The SMILES string of the molecule is CSc1nc(C(=O)Nc2cccc(C)c2C(N)=O)c2ccccn12. The summed E-state index contributed by atoms with van der Waals surface area (Å²) < 4.78 is 1.85. The molecule has 6 nitrogen and oxygen atoms in total. The molecule has 2 aromatic heterocycles. The van der Waals surface area contributed by atoms with Gasteiger partial charge in [0, 0.05) is 6.20 Å². The number of hydrogen-bond acceptors (Lipinski definition) is 4. The third kappa shape index (κ3) is 2.74. The average molecular weight is 340 g/mol. The molecule has 0 fully saturated rings. The topological polar surface area (TPSA) is 89.5 Å². The Morgan fingerprint density at radius 2 is 2.00 bits per heavy atom. The van der Waals surface area contributed by atoms with Crippen molar-refractivity contribution in [1.29, 1.82) is 0 Å². The van der Waals surface area contributed by atoms with E-state index in [1.165, 1.54) is 11.8 Å². The summed E-state index contributed by atoms with van der Waals surface area (Å²) in [7, 11) is 0. The van der Waals surface area contributed by atoms with Crippen LogP contribution in [0.25, 0.3) is 5.52 Å². The van der Waals surface area contributed by atoms with Gasteiger partial charge in [-0.25, -0.2) is 4.98 Å². The van der Waals surface area contributed by atoms with Gasteiger partial charge in [0.25, 0.3) is 11.8 Å². The number of anilines is 1. The molecule has 0 spiro atoms. The summed E-state index contributed by atoms with van der Waals surface area (Å²) in [6, 6.07) is 10.7. The van der Waals surface area contributed by atoms with Crippen molar-refractivity contribution in [2.45, 2.75) is 12.1 Å². The highest BCUT2D eigenvalue weighted by atomic mass is 32.2. The van der Waals surface area contributed by atoms with Gasteiger partial charge in [-0.3, -0.25) is 14.0 Å². The molecule has 24 heavy (non-hydrogen) atoms. The Bertz CT molecular complexity index is 949. The Kier molecular flexibility index (Phi) is 4.26. The number of carbonyl (C=O) groups excluding carboxylic acids is 2. The molecule has 0 saturated carbocycles. The lowest BCUT2D eigenvalue weighted by Gasteiger charge is -2.10. The molecular formula is C17H16N4O2S. The van der Waals surface area contributed by atoms with Gasteiger partial charge in [0.2, 0.25) is 0 Å². The van der Waals surface area contributed by atoms with E-state index >= 15 is 0 Å². The zero-order chi connectivity index (χ0) is 17.3. The normalized spacial score (nSPS) is 10.8. The first kappa shape index (κ1) is 16.1. The van der Waals surface area contributed by atoms with Crippen LogP contribution in [0.3, 0.4) is 0 Å². The van der Waals surface area contributed by atoms with Crippen LogP contribution in [-0.2, 0) is 0 Å². The smallest absolute Gasteiger partial charge is 0.276 e. The highest BCUT2D eigenvalue weighted by molar-refractivity contribution is 7.98. The minimum absolute atomic E-state index is 0.303. The Morgan fingerprint density at radius 1 is 1.21 bits per heavy atom. The Hall–Kier alpha value is -2.80. The van der Waals surface area contributed by atoms with Crippen LogP contribution >= 0.6 is 11.8 Å². The maximum atomic E-state index is 12.7. The molecule has 2 amide bonds. The summed E-state index contributed by atoms with van der Waals surface area (Å²) in [5, 5.41) is 3.47. The standard InChI is InChI=1S/C17H16N4O2S/c1-10-6-5-7-11(13(10)15(18)22)19-16(23)14-12-8-3-4-9-21(12)17(20-14)24-2/h3-9H,1-2H3,(H2,18,22)(H,19,23). The highest BCUT2D eigenvalue weighted by Crippen LogP contribution is 2.23. The summed E-state index contributed by atoms with van der Waals surface area (Å²) in [4.78, 5) is 28.8. The summed E-state index contributed by atoms with van der Waals surface area (Å²) in [5.41, 5.74) is 7.83.